The van der Waals surface area contributed by atoms with Crippen LogP contribution < -0.4 is 11.1 Å². The van der Waals surface area contributed by atoms with Gasteiger partial charge < -0.3 is 11.1 Å². The van der Waals surface area contributed by atoms with Crippen molar-refractivity contribution in [3.05, 3.63) is 59.2 Å². The lowest BCUT2D eigenvalue weighted by Crippen LogP contribution is -2.05. The molecule has 0 aliphatic carbocycles. The third-order valence-corrected chi connectivity index (χ3v) is 2.74. The highest BCUT2D eigenvalue weighted by atomic mass is 19.1. The summed E-state index contributed by atoms with van der Waals surface area (Å²) in [5, 5.41) is 2.92. The third-order valence-electron chi connectivity index (χ3n) is 2.74. The van der Waals surface area contributed by atoms with E-state index in [1.54, 1.807) is 31.2 Å². The number of aryl methyl sites for hydroxylation is 1. The molecule has 0 saturated carbocycles. The molecule has 0 spiro atoms. The van der Waals surface area contributed by atoms with Gasteiger partial charge in [0.25, 0.3) is 0 Å². The number of benzene rings is 2. The van der Waals surface area contributed by atoms with Gasteiger partial charge in [0.05, 0.1) is 11.4 Å². The third kappa shape index (κ3) is 2.59. The fourth-order valence-corrected chi connectivity index (χ4v) is 1.73. The van der Waals surface area contributed by atoms with Crippen LogP contribution in [-0.2, 0) is 6.54 Å². The molecule has 0 radical (unpaired) electrons. The Balaban J connectivity index is 2.14. The summed E-state index contributed by atoms with van der Waals surface area (Å²) in [6.45, 7) is 2.09. The van der Waals surface area contributed by atoms with Gasteiger partial charge in [-0.2, -0.15) is 0 Å². The van der Waals surface area contributed by atoms with Gasteiger partial charge in [0.1, 0.15) is 11.6 Å². The van der Waals surface area contributed by atoms with Crippen molar-refractivity contribution in [1.82, 2.24) is 0 Å². The van der Waals surface area contributed by atoms with Gasteiger partial charge in [0.2, 0.25) is 0 Å². The van der Waals surface area contributed by atoms with Crippen molar-refractivity contribution < 1.29 is 8.78 Å². The molecule has 0 unspecified atom stereocenters. The first kappa shape index (κ1) is 12.4. The van der Waals surface area contributed by atoms with E-state index in [1.165, 1.54) is 12.1 Å². The van der Waals surface area contributed by atoms with Crippen LogP contribution in [0.5, 0.6) is 0 Å². The number of nitrogens with two attached hydrogens (primary N) is 1. The second-order valence-corrected chi connectivity index (χ2v) is 4.14. The van der Waals surface area contributed by atoms with Crippen molar-refractivity contribution in [1.29, 1.82) is 0 Å². The molecule has 0 aromatic heterocycles. The lowest BCUT2D eigenvalue weighted by Gasteiger charge is -2.10. The number of rotatable bonds is 3. The highest BCUT2D eigenvalue weighted by Crippen LogP contribution is 2.22. The topological polar surface area (TPSA) is 38.0 Å². The van der Waals surface area contributed by atoms with E-state index in [1.807, 2.05) is 0 Å². The standard InChI is InChI=1S/C14H14F2N2/c1-9-7-10(5-6-11(9)15)8-18-14-12(16)3-2-4-13(14)17/h2-7,18H,8,17H2,1H3. The summed E-state index contributed by atoms with van der Waals surface area (Å²) in [4.78, 5) is 0. The van der Waals surface area contributed by atoms with Gasteiger partial charge in [-0.25, -0.2) is 8.78 Å². The maximum atomic E-state index is 13.5. The van der Waals surface area contributed by atoms with Gasteiger partial charge in [0, 0.05) is 6.54 Å². The number of nitrogen functional groups attached to an aromatic ring is 1. The number of hydrogen-bond donors (Lipinski definition) is 2. The molecule has 0 atom stereocenters. The van der Waals surface area contributed by atoms with Gasteiger partial charge in [-0.15, -0.1) is 0 Å². The van der Waals surface area contributed by atoms with Gasteiger partial charge in [-0.3, -0.25) is 0 Å². The number of nitrogens with one attached hydrogen (secondary N) is 1. The molecule has 0 aliphatic rings. The zero-order valence-corrected chi connectivity index (χ0v) is 10.0. The number of para-hydroxylation sites is 1. The molecule has 2 aromatic rings. The van der Waals surface area contributed by atoms with E-state index in [4.69, 9.17) is 5.73 Å². The minimum absolute atomic E-state index is 0.246. The maximum absolute atomic E-state index is 13.5. The molecule has 0 amide bonds. The highest BCUT2D eigenvalue weighted by molar-refractivity contribution is 5.66. The molecule has 2 nitrogen and oxygen atoms in total. The minimum atomic E-state index is -0.395. The smallest absolute Gasteiger partial charge is 0.148 e. The van der Waals surface area contributed by atoms with Crippen LogP contribution in [0.3, 0.4) is 0 Å². The zero-order chi connectivity index (χ0) is 13.1. The number of hydrogen-bond acceptors (Lipinski definition) is 2. The van der Waals surface area contributed by atoms with E-state index in [0.29, 0.717) is 17.8 Å². The second kappa shape index (κ2) is 5.04. The Bertz CT molecular complexity index is 547. The molecule has 94 valence electrons. The second-order valence-electron chi connectivity index (χ2n) is 4.14. The maximum Gasteiger partial charge on any atom is 0.148 e. The van der Waals surface area contributed by atoms with Crippen LogP contribution in [0.15, 0.2) is 36.4 Å². The summed E-state index contributed by atoms with van der Waals surface area (Å²) in [5.41, 5.74) is 7.75. The van der Waals surface area contributed by atoms with Crippen LogP contribution in [0, 0.1) is 18.6 Å². The largest absolute Gasteiger partial charge is 0.397 e. The first-order valence-electron chi connectivity index (χ1n) is 5.61. The number of halogens is 2. The Labute approximate surface area is 104 Å². The molecule has 18 heavy (non-hydrogen) atoms. The van der Waals surface area contributed by atoms with E-state index in [9.17, 15) is 8.78 Å². The molecule has 0 aliphatic heterocycles. The van der Waals surface area contributed by atoms with Gasteiger partial charge in [-0.05, 0) is 36.2 Å². The Morgan fingerprint density at radius 2 is 1.89 bits per heavy atom. The quantitative estimate of drug-likeness (QED) is 0.816. The Kier molecular flexibility index (Phi) is 3.46. The molecular formula is C14H14F2N2. The summed E-state index contributed by atoms with van der Waals surface area (Å²) in [7, 11) is 0. The van der Waals surface area contributed by atoms with Crippen LogP contribution >= 0.6 is 0 Å². The molecule has 2 rings (SSSR count). The van der Waals surface area contributed by atoms with Gasteiger partial charge in [-0.1, -0.05) is 18.2 Å². The predicted molar refractivity (Wildman–Crippen MR) is 69.3 cm³/mol. The minimum Gasteiger partial charge on any atom is -0.397 e. The van der Waals surface area contributed by atoms with Crippen molar-refractivity contribution in [2.24, 2.45) is 0 Å². The SMILES string of the molecule is Cc1cc(CNc2c(N)cccc2F)ccc1F. The van der Waals surface area contributed by atoms with Crippen LogP contribution in [0.2, 0.25) is 0 Å². The summed E-state index contributed by atoms with van der Waals surface area (Å²) in [6.07, 6.45) is 0. The van der Waals surface area contributed by atoms with Crippen molar-refractivity contribution >= 4 is 11.4 Å². The predicted octanol–water partition coefficient (Wildman–Crippen LogP) is 3.47. The highest BCUT2D eigenvalue weighted by Gasteiger charge is 2.05. The average molecular weight is 248 g/mol. The lowest BCUT2D eigenvalue weighted by molar-refractivity contribution is 0.617. The molecule has 0 bridgehead atoms. The first-order chi connectivity index (χ1) is 8.58. The monoisotopic (exact) mass is 248 g/mol. The molecule has 2 aromatic carbocycles. The molecule has 0 fully saturated rings. The van der Waals surface area contributed by atoms with E-state index in [0.717, 1.165) is 5.56 Å². The van der Waals surface area contributed by atoms with Crippen LogP contribution in [0.4, 0.5) is 20.2 Å². The van der Waals surface area contributed by atoms with Crippen molar-refractivity contribution in [2.45, 2.75) is 13.5 Å². The van der Waals surface area contributed by atoms with E-state index >= 15 is 0 Å². The van der Waals surface area contributed by atoms with E-state index in [-0.39, 0.29) is 11.5 Å². The van der Waals surface area contributed by atoms with Crippen molar-refractivity contribution in [2.75, 3.05) is 11.1 Å². The molecule has 0 saturated heterocycles. The summed E-state index contributed by atoms with van der Waals surface area (Å²) in [6, 6.07) is 9.30. The Morgan fingerprint density at radius 1 is 1.11 bits per heavy atom. The zero-order valence-electron chi connectivity index (χ0n) is 10.0. The van der Waals surface area contributed by atoms with E-state index in [2.05, 4.69) is 5.32 Å². The normalized spacial score (nSPS) is 10.4. The lowest BCUT2D eigenvalue weighted by atomic mass is 10.1. The molecule has 4 heteroatoms. The Morgan fingerprint density at radius 3 is 2.56 bits per heavy atom. The molecule has 0 heterocycles. The fraction of sp³-hybridized carbons (Fsp3) is 0.143. The van der Waals surface area contributed by atoms with Crippen LogP contribution in [-0.4, -0.2) is 0 Å². The molecular weight excluding hydrogens is 234 g/mol. The fourth-order valence-electron chi connectivity index (χ4n) is 1.73. The Hall–Kier alpha value is -2.10. The van der Waals surface area contributed by atoms with Gasteiger partial charge >= 0.3 is 0 Å². The summed E-state index contributed by atoms with van der Waals surface area (Å²) < 4.78 is 26.6. The van der Waals surface area contributed by atoms with Gasteiger partial charge in [0.15, 0.2) is 0 Å². The van der Waals surface area contributed by atoms with Crippen LogP contribution in [0.1, 0.15) is 11.1 Å². The van der Waals surface area contributed by atoms with Crippen molar-refractivity contribution in [3.63, 3.8) is 0 Å². The summed E-state index contributed by atoms with van der Waals surface area (Å²) in [5.74, 6) is -0.641. The first-order valence-corrected chi connectivity index (χ1v) is 5.61. The molecule has 3 N–H and O–H groups in total. The number of anilines is 2. The van der Waals surface area contributed by atoms with Crippen molar-refractivity contribution in [3.8, 4) is 0 Å². The average Bonchev–Trinajstić information content (AvgIpc) is 2.33. The summed E-state index contributed by atoms with van der Waals surface area (Å²) >= 11 is 0. The van der Waals surface area contributed by atoms with E-state index < -0.39 is 5.82 Å². The van der Waals surface area contributed by atoms with Crippen LogP contribution in [0.25, 0.3) is 0 Å².